The van der Waals surface area contributed by atoms with E-state index < -0.39 is 6.04 Å². The van der Waals surface area contributed by atoms with Gasteiger partial charge in [0.15, 0.2) is 0 Å². The van der Waals surface area contributed by atoms with Crippen molar-refractivity contribution in [2.24, 2.45) is 5.73 Å². The maximum Gasteiger partial charge on any atom is 0.242 e. The Kier molecular flexibility index (Phi) is 5.54. The number of carbonyl (C=O) groups excluding carboxylic acids is 1. The van der Waals surface area contributed by atoms with E-state index in [0.29, 0.717) is 29.6 Å². The number of rotatable bonds is 6. The molecule has 1 amide bonds. The minimum atomic E-state index is -0.554. The Labute approximate surface area is 135 Å². The lowest BCUT2D eigenvalue weighted by Gasteiger charge is -2.12. The fourth-order valence-corrected chi connectivity index (χ4v) is 1.88. The lowest BCUT2D eigenvalue weighted by Crippen LogP contribution is -2.35. The average molecular weight is 315 g/mol. The molecule has 0 saturated heterocycles. The van der Waals surface area contributed by atoms with Crippen LogP contribution in [0.4, 0.5) is 5.82 Å². The van der Waals surface area contributed by atoms with E-state index in [2.05, 4.69) is 10.3 Å². The second kappa shape index (κ2) is 7.60. The molecule has 0 spiro atoms. The van der Waals surface area contributed by atoms with E-state index in [0.717, 1.165) is 5.56 Å². The summed E-state index contributed by atoms with van der Waals surface area (Å²) in [4.78, 5) is 16.1. The monoisotopic (exact) mass is 315 g/mol. The Morgan fingerprint density at radius 1 is 1.35 bits per heavy atom. The maximum absolute atomic E-state index is 11.8. The van der Waals surface area contributed by atoms with Gasteiger partial charge in [-0.25, -0.2) is 0 Å². The van der Waals surface area contributed by atoms with E-state index in [-0.39, 0.29) is 5.91 Å². The average Bonchev–Trinajstić information content (AvgIpc) is 2.56. The first-order valence-corrected chi connectivity index (χ1v) is 7.39. The topological polar surface area (TPSA) is 86.5 Å². The molecule has 2 aromatic rings. The van der Waals surface area contributed by atoms with Gasteiger partial charge in [0, 0.05) is 12.1 Å². The number of aromatic nitrogens is 1. The third-order valence-electron chi connectivity index (χ3n) is 3.36. The molecule has 1 heterocycles. The summed E-state index contributed by atoms with van der Waals surface area (Å²) in [5.74, 6) is 1.85. The fourth-order valence-electron chi connectivity index (χ4n) is 1.88. The van der Waals surface area contributed by atoms with Crippen molar-refractivity contribution in [2.45, 2.75) is 26.3 Å². The van der Waals surface area contributed by atoms with Crippen LogP contribution in [0.25, 0.3) is 0 Å². The minimum absolute atomic E-state index is 0.269. The van der Waals surface area contributed by atoms with E-state index >= 15 is 0 Å². The van der Waals surface area contributed by atoms with Crippen molar-refractivity contribution in [3.63, 3.8) is 0 Å². The highest BCUT2D eigenvalue weighted by Gasteiger charge is 2.12. The molecule has 6 heteroatoms. The van der Waals surface area contributed by atoms with Gasteiger partial charge in [-0.1, -0.05) is 19.1 Å². The Hall–Kier alpha value is -2.60. The number of methoxy groups -OCH3 is 1. The van der Waals surface area contributed by atoms with E-state index in [9.17, 15) is 4.79 Å². The number of hydrogen-bond donors (Lipinski definition) is 2. The van der Waals surface area contributed by atoms with Gasteiger partial charge in [0.05, 0.1) is 13.2 Å². The van der Waals surface area contributed by atoms with Crippen molar-refractivity contribution in [1.29, 1.82) is 0 Å². The van der Waals surface area contributed by atoms with Crippen molar-refractivity contribution in [3.8, 4) is 17.4 Å². The first-order chi connectivity index (χ1) is 11.0. The zero-order valence-corrected chi connectivity index (χ0v) is 13.5. The zero-order valence-electron chi connectivity index (χ0n) is 13.5. The van der Waals surface area contributed by atoms with Crippen molar-refractivity contribution < 1.29 is 14.3 Å². The van der Waals surface area contributed by atoms with E-state index in [1.165, 1.54) is 0 Å². The van der Waals surface area contributed by atoms with Gasteiger partial charge in [0.25, 0.3) is 0 Å². The second-order valence-corrected chi connectivity index (χ2v) is 5.10. The van der Waals surface area contributed by atoms with E-state index in [4.69, 9.17) is 15.2 Å². The van der Waals surface area contributed by atoms with Crippen LogP contribution < -0.4 is 20.5 Å². The van der Waals surface area contributed by atoms with Gasteiger partial charge < -0.3 is 20.5 Å². The molecule has 0 radical (unpaired) electrons. The summed E-state index contributed by atoms with van der Waals surface area (Å²) in [6.45, 7) is 3.78. The standard InChI is InChI=1S/C17H21N3O3/c1-4-13(18)17(21)20-15-6-5-7-16(19-15)23-14-10-12(22-3)9-8-11(14)2/h5-10,13H,4,18H2,1-3H3,(H,19,20,21)/t13-/m1/s1. The normalized spacial score (nSPS) is 11.7. The SMILES string of the molecule is CC[C@@H](N)C(=O)Nc1cccc(Oc2cc(OC)ccc2C)n1. The summed E-state index contributed by atoms with van der Waals surface area (Å²) in [7, 11) is 1.60. The number of hydrogen-bond acceptors (Lipinski definition) is 5. The molecule has 0 aliphatic carbocycles. The van der Waals surface area contributed by atoms with Crippen LogP contribution in [-0.4, -0.2) is 24.0 Å². The summed E-state index contributed by atoms with van der Waals surface area (Å²) in [5, 5.41) is 2.68. The molecule has 3 N–H and O–H groups in total. The zero-order chi connectivity index (χ0) is 16.8. The van der Waals surface area contributed by atoms with Crippen LogP contribution in [0.2, 0.25) is 0 Å². The number of nitrogens with one attached hydrogen (secondary N) is 1. The number of benzene rings is 1. The van der Waals surface area contributed by atoms with Crippen LogP contribution in [0.15, 0.2) is 36.4 Å². The Morgan fingerprint density at radius 3 is 2.83 bits per heavy atom. The number of pyridine rings is 1. The highest BCUT2D eigenvalue weighted by atomic mass is 16.5. The summed E-state index contributed by atoms with van der Waals surface area (Å²) >= 11 is 0. The smallest absolute Gasteiger partial charge is 0.242 e. The highest BCUT2D eigenvalue weighted by molar-refractivity contribution is 5.93. The van der Waals surface area contributed by atoms with Crippen LogP contribution >= 0.6 is 0 Å². The summed E-state index contributed by atoms with van der Waals surface area (Å²) in [6, 6.07) is 10.2. The first-order valence-electron chi connectivity index (χ1n) is 7.39. The van der Waals surface area contributed by atoms with Gasteiger partial charge in [0.1, 0.15) is 17.3 Å². The van der Waals surface area contributed by atoms with Crippen molar-refractivity contribution in [1.82, 2.24) is 4.98 Å². The number of amides is 1. The molecule has 2 rings (SSSR count). The molecule has 0 saturated carbocycles. The first kappa shape index (κ1) is 16.8. The third-order valence-corrected chi connectivity index (χ3v) is 3.36. The molecule has 0 bridgehead atoms. The lowest BCUT2D eigenvalue weighted by atomic mass is 10.2. The van der Waals surface area contributed by atoms with Gasteiger partial charge in [-0.2, -0.15) is 4.98 Å². The molecular formula is C17H21N3O3. The molecule has 0 unspecified atom stereocenters. The second-order valence-electron chi connectivity index (χ2n) is 5.10. The Balaban J connectivity index is 2.16. The number of nitrogens with two attached hydrogens (primary N) is 1. The van der Waals surface area contributed by atoms with Crippen LogP contribution in [-0.2, 0) is 4.79 Å². The number of ether oxygens (including phenoxy) is 2. The molecule has 23 heavy (non-hydrogen) atoms. The maximum atomic E-state index is 11.8. The number of carbonyl (C=O) groups is 1. The molecular weight excluding hydrogens is 294 g/mol. The van der Waals surface area contributed by atoms with Crippen molar-refractivity contribution in [3.05, 3.63) is 42.0 Å². The number of anilines is 1. The Morgan fingerprint density at radius 2 is 2.13 bits per heavy atom. The summed E-state index contributed by atoms with van der Waals surface area (Å²) < 4.78 is 11.0. The van der Waals surface area contributed by atoms with Crippen molar-refractivity contribution >= 4 is 11.7 Å². The molecule has 0 aliphatic heterocycles. The summed E-state index contributed by atoms with van der Waals surface area (Å²) in [6.07, 6.45) is 0.561. The van der Waals surface area contributed by atoms with Gasteiger partial charge >= 0.3 is 0 Å². The number of aryl methyl sites for hydroxylation is 1. The lowest BCUT2D eigenvalue weighted by molar-refractivity contribution is -0.117. The minimum Gasteiger partial charge on any atom is -0.497 e. The Bertz CT molecular complexity index is 689. The molecule has 1 atom stereocenters. The predicted octanol–water partition coefficient (Wildman–Crippen LogP) is 2.87. The molecule has 6 nitrogen and oxygen atoms in total. The van der Waals surface area contributed by atoms with Crippen LogP contribution in [0.3, 0.4) is 0 Å². The van der Waals surface area contributed by atoms with Gasteiger partial charge in [-0.05, 0) is 31.0 Å². The van der Waals surface area contributed by atoms with Crippen LogP contribution in [0.5, 0.6) is 17.4 Å². The van der Waals surface area contributed by atoms with Crippen LogP contribution in [0, 0.1) is 6.92 Å². The number of nitrogens with zero attached hydrogens (tertiary/aromatic N) is 1. The molecule has 1 aromatic carbocycles. The fraction of sp³-hybridized carbons (Fsp3) is 0.294. The van der Waals surface area contributed by atoms with Crippen LogP contribution in [0.1, 0.15) is 18.9 Å². The summed E-state index contributed by atoms with van der Waals surface area (Å²) in [5.41, 5.74) is 6.65. The molecule has 1 aromatic heterocycles. The van der Waals surface area contributed by atoms with Crippen molar-refractivity contribution in [2.75, 3.05) is 12.4 Å². The predicted molar refractivity (Wildman–Crippen MR) is 88.9 cm³/mol. The largest absolute Gasteiger partial charge is 0.497 e. The van der Waals surface area contributed by atoms with Gasteiger partial charge in [-0.15, -0.1) is 0 Å². The van der Waals surface area contributed by atoms with E-state index in [1.54, 1.807) is 31.4 Å². The van der Waals surface area contributed by atoms with Gasteiger partial charge in [-0.3, -0.25) is 4.79 Å². The highest BCUT2D eigenvalue weighted by Crippen LogP contribution is 2.28. The third kappa shape index (κ3) is 4.43. The van der Waals surface area contributed by atoms with E-state index in [1.807, 2.05) is 26.0 Å². The molecule has 0 fully saturated rings. The van der Waals surface area contributed by atoms with Gasteiger partial charge in [0.2, 0.25) is 11.8 Å². The molecule has 0 aliphatic rings. The quantitative estimate of drug-likeness (QED) is 0.856. The molecule has 122 valence electrons.